The lowest BCUT2D eigenvalue weighted by Gasteiger charge is -2.34. The van der Waals surface area contributed by atoms with Crippen molar-refractivity contribution < 1.29 is 0 Å². The van der Waals surface area contributed by atoms with E-state index in [2.05, 4.69) is 18.7 Å². The first kappa shape index (κ1) is 9.01. The van der Waals surface area contributed by atoms with Crippen LogP contribution in [0.1, 0.15) is 26.7 Å². The second kappa shape index (κ2) is 4.07. The molecule has 0 amide bonds. The highest BCUT2D eigenvalue weighted by Gasteiger charge is 2.18. The summed E-state index contributed by atoms with van der Waals surface area (Å²) in [4.78, 5) is 2.50. The zero-order chi connectivity index (χ0) is 8.27. The minimum absolute atomic E-state index is 0.586. The van der Waals surface area contributed by atoms with Crippen molar-refractivity contribution in [3.05, 3.63) is 0 Å². The molecule has 1 saturated heterocycles. The maximum atomic E-state index is 5.60. The van der Waals surface area contributed by atoms with Gasteiger partial charge in [0.2, 0.25) is 0 Å². The summed E-state index contributed by atoms with van der Waals surface area (Å²) in [6, 6.07) is 0.586. The maximum absolute atomic E-state index is 5.60. The molecule has 0 aromatic rings. The average Bonchev–Trinajstić information content (AvgIpc) is 2.05. The number of hydrogen-bond donors (Lipinski definition) is 1. The second-order valence-electron chi connectivity index (χ2n) is 3.80. The third-order valence-electron chi connectivity index (χ3n) is 2.78. The van der Waals surface area contributed by atoms with Crippen LogP contribution in [0.4, 0.5) is 0 Å². The average molecular weight is 156 g/mol. The van der Waals surface area contributed by atoms with Gasteiger partial charge in [-0.2, -0.15) is 0 Å². The predicted octanol–water partition coefficient (Wildman–Crippen LogP) is 1.07. The molecule has 1 atom stereocenters. The molecule has 0 aromatic carbocycles. The molecule has 2 nitrogen and oxygen atoms in total. The standard InChI is InChI=1S/C9H20N2/c1-8-3-5-11(6-4-8)9(2)7-10/h8-9H,3-7,10H2,1-2H3. The molecule has 0 aliphatic carbocycles. The Morgan fingerprint density at radius 1 is 1.45 bits per heavy atom. The van der Waals surface area contributed by atoms with Gasteiger partial charge < -0.3 is 5.73 Å². The van der Waals surface area contributed by atoms with Gasteiger partial charge in [-0.25, -0.2) is 0 Å². The van der Waals surface area contributed by atoms with Gasteiger partial charge in [0.15, 0.2) is 0 Å². The fourth-order valence-corrected chi connectivity index (χ4v) is 1.62. The van der Waals surface area contributed by atoms with Gasteiger partial charge in [-0.05, 0) is 38.8 Å². The first-order valence-electron chi connectivity index (χ1n) is 4.68. The van der Waals surface area contributed by atoms with Crippen molar-refractivity contribution in [3.8, 4) is 0 Å². The molecule has 0 aromatic heterocycles. The van der Waals surface area contributed by atoms with Gasteiger partial charge in [0, 0.05) is 12.6 Å². The van der Waals surface area contributed by atoms with Gasteiger partial charge >= 0.3 is 0 Å². The molecular formula is C9H20N2. The van der Waals surface area contributed by atoms with Crippen molar-refractivity contribution in [2.45, 2.75) is 32.7 Å². The Morgan fingerprint density at radius 3 is 2.45 bits per heavy atom. The lowest BCUT2D eigenvalue weighted by molar-refractivity contribution is 0.150. The fraction of sp³-hybridized carbons (Fsp3) is 1.00. The van der Waals surface area contributed by atoms with Crippen molar-refractivity contribution in [1.82, 2.24) is 4.90 Å². The second-order valence-corrected chi connectivity index (χ2v) is 3.80. The number of rotatable bonds is 2. The van der Waals surface area contributed by atoms with E-state index in [0.29, 0.717) is 6.04 Å². The minimum atomic E-state index is 0.586. The van der Waals surface area contributed by atoms with Crippen molar-refractivity contribution in [2.75, 3.05) is 19.6 Å². The molecule has 1 aliphatic rings. The largest absolute Gasteiger partial charge is 0.329 e. The summed E-state index contributed by atoms with van der Waals surface area (Å²) in [6.45, 7) is 7.86. The number of nitrogens with two attached hydrogens (primary N) is 1. The summed E-state index contributed by atoms with van der Waals surface area (Å²) in [6.07, 6.45) is 2.70. The van der Waals surface area contributed by atoms with E-state index < -0.39 is 0 Å². The van der Waals surface area contributed by atoms with E-state index in [0.717, 1.165) is 12.5 Å². The summed E-state index contributed by atoms with van der Waals surface area (Å²) in [5, 5.41) is 0. The minimum Gasteiger partial charge on any atom is -0.329 e. The molecule has 0 bridgehead atoms. The molecule has 0 spiro atoms. The van der Waals surface area contributed by atoms with Gasteiger partial charge in [0.1, 0.15) is 0 Å². The zero-order valence-electron chi connectivity index (χ0n) is 7.71. The Labute approximate surface area is 69.8 Å². The Balaban J connectivity index is 2.27. The molecule has 0 radical (unpaired) electrons. The smallest absolute Gasteiger partial charge is 0.0190 e. The molecular weight excluding hydrogens is 136 g/mol. The number of nitrogens with zero attached hydrogens (tertiary/aromatic N) is 1. The van der Waals surface area contributed by atoms with Crippen LogP contribution >= 0.6 is 0 Å². The molecule has 1 heterocycles. The number of hydrogen-bond acceptors (Lipinski definition) is 2. The van der Waals surface area contributed by atoms with Gasteiger partial charge in [-0.3, -0.25) is 4.90 Å². The number of likely N-dealkylation sites (tertiary alicyclic amines) is 1. The molecule has 1 unspecified atom stereocenters. The molecule has 2 heteroatoms. The van der Waals surface area contributed by atoms with Crippen LogP contribution in [0.3, 0.4) is 0 Å². The highest BCUT2D eigenvalue weighted by molar-refractivity contribution is 4.74. The van der Waals surface area contributed by atoms with Crippen molar-refractivity contribution in [1.29, 1.82) is 0 Å². The molecule has 1 fully saturated rings. The topological polar surface area (TPSA) is 29.3 Å². The van der Waals surface area contributed by atoms with Crippen LogP contribution in [0, 0.1) is 5.92 Å². The van der Waals surface area contributed by atoms with Gasteiger partial charge in [-0.15, -0.1) is 0 Å². The van der Waals surface area contributed by atoms with E-state index in [4.69, 9.17) is 5.73 Å². The third kappa shape index (κ3) is 2.46. The van der Waals surface area contributed by atoms with Crippen molar-refractivity contribution in [2.24, 2.45) is 11.7 Å². The van der Waals surface area contributed by atoms with Gasteiger partial charge in [0.25, 0.3) is 0 Å². The Morgan fingerprint density at radius 2 is 2.00 bits per heavy atom. The van der Waals surface area contributed by atoms with Crippen LogP contribution in [0.5, 0.6) is 0 Å². The van der Waals surface area contributed by atoms with Gasteiger partial charge in [-0.1, -0.05) is 6.92 Å². The summed E-state index contributed by atoms with van der Waals surface area (Å²) < 4.78 is 0. The van der Waals surface area contributed by atoms with Crippen LogP contribution in [0.15, 0.2) is 0 Å². The highest BCUT2D eigenvalue weighted by atomic mass is 15.2. The Hall–Kier alpha value is -0.0800. The predicted molar refractivity (Wildman–Crippen MR) is 48.5 cm³/mol. The van der Waals surface area contributed by atoms with Crippen molar-refractivity contribution in [3.63, 3.8) is 0 Å². The molecule has 66 valence electrons. The Kier molecular flexibility index (Phi) is 3.34. The van der Waals surface area contributed by atoms with E-state index in [1.54, 1.807) is 0 Å². The van der Waals surface area contributed by atoms with E-state index in [9.17, 15) is 0 Å². The van der Waals surface area contributed by atoms with Crippen LogP contribution in [-0.4, -0.2) is 30.6 Å². The monoisotopic (exact) mass is 156 g/mol. The maximum Gasteiger partial charge on any atom is 0.0190 e. The zero-order valence-corrected chi connectivity index (χ0v) is 7.71. The van der Waals surface area contributed by atoms with Crippen LogP contribution in [0.2, 0.25) is 0 Å². The quantitative estimate of drug-likeness (QED) is 0.648. The molecule has 1 aliphatic heterocycles. The van der Waals surface area contributed by atoms with Crippen LogP contribution in [0.25, 0.3) is 0 Å². The lowest BCUT2D eigenvalue weighted by Crippen LogP contribution is -2.43. The normalized spacial score (nSPS) is 25.4. The lowest BCUT2D eigenvalue weighted by atomic mass is 9.98. The summed E-state index contributed by atoms with van der Waals surface area (Å²) in [5.41, 5.74) is 5.60. The summed E-state index contributed by atoms with van der Waals surface area (Å²) >= 11 is 0. The Bertz CT molecular complexity index is 106. The molecule has 11 heavy (non-hydrogen) atoms. The van der Waals surface area contributed by atoms with E-state index in [-0.39, 0.29) is 0 Å². The van der Waals surface area contributed by atoms with Gasteiger partial charge in [0.05, 0.1) is 0 Å². The van der Waals surface area contributed by atoms with E-state index in [1.807, 2.05) is 0 Å². The first-order valence-corrected chi connectivity index (χ1v) is 4.68. The van der Waals surface area contributed by atoms with Crippen LogP contribution < -0.4 is 5.73 Å². The summed E-state index contributed by atoms with van der Waals surface area (Å²) in [5.74, 6) is 0.927. The third-order valence-corrected chi connectivity index (χ3v) is 2.78. The molecule has 1 rings (SSSR count). The van der Waals surface area contributed by atoms with E-state index in [1.165, 1.54) is 25.9 Å². The molecule has 2 N–H and O–H groups in total. The van der Waals surface area contributed by atoms with E-state index >= 15 is 0 Å². The fourth-order valence-electron chi connectivity index (χ4n) is 1.62. The van der Waals surface area contributed by atoms with Crippen LogP contribution in [-0.2, 0) is 0 Å². The number of piperidine rings is 1. The van der Waals surface area contributed by atoms with Crippen molar-refractivity contribution >= 4 is 0 Å². The summed E-state index contributed by atoms with van der Waals surface area (Å²) in [7, 11) is 0. The molecule has 0 saturated carbocycles. The SMILES string of the molecule is CC1CCN(C(C)CN)CC1. The highest BCUT2D eigenvalue weighted by Crippen LogP contribution is 2.17. The first-order chi connectivity index (χ1) is 5.24.